The minimum Gasteiger partial charge on any atom is -0.389 e. The smallest absolute Gasteiger partial charge is 0.184 e. The maximum atomic E-state index is 9.81. The number of thiazole rings is 1. The number of fused-ring (bicyclic) bond motifs is 1. The standard InChI is InChI=1S/C10H10ClNO2S2/c11-10-12-6-2-1-5(3-8(6)16-10)9(14)7(13)4-15/h1-3,7,9,13-15H,4H2. The van der Waals surface area contributed by atoms with Crippen molar-refractivity contribution in [1.29, 1.82) is 0 Å². The van der Waals surface area contributed by atoms with Gasteiger partial charge in [-0.2, -0.15) is 12.6 Å². The van der Waals surface area contributed by atoms with Crippen LogP contribution in [0.25, 0.3) is 10.2 Å². The molecule has 1 aromatic carbocycles. The van der Waals surface area contributed by atoms with Gasteiger partial charge >= 0.3 is 0 Å². The Balaban J connectivity index is 2.38. The fourth-order valence-electron chi connectivity index (χ4n) is 1.42. The van der Waals surface area contributed by atoms with E-state index >= 15 is 0 Å². The summed E-state index contributed by atoms with van der Waals surface area (Å²) in [5, 5.41) is 19.3. The van der Waals surface area contributed by atoms with Crippen molar-refractivity contribution in [2.45, 2.75) is 12.2 Å². The number of nitrogens with zero attached hydrogens (tertiary/aromatic N) is 1. The molecular weight excluding hydrogens is 266 g/mol. The van der Waals surface area contributed by atoms with Crippen molar-refractivity contribution in [3.8, 4) is 0 Å². The third-order valence-corrected chi connectivity index (χ3v) is 3.78. The molecule has 16 heavy (non-hydrogen) atoms. The van der Waals surface area contributed by atoms with Gasteiger partial charge in [-0.05, 0) is 17.7 Å². The van der Waals surface area contributed by atoms with Gasteiger partial charge in [-0.25, -0.2) is 4.98 Å². The largest absolute Gasteiger partial charge is 0.389 e. The van der Waals surface area contributed by atoms with Crippen molar-refractivity contribution in [3.63, 3.8) is 0 Å². The molecule has 0 radical (unpaired) electrons. The molecule has 0 fully saturated rings. The Morgan fingerprint density at radius 2 is 2.19 bits per heavy atom. The molecule has 6 heteroatoms. The zero-order valence-corrected chi connectivity index (χ0v) is 10.6. The van der Waals surface area contributed by atoms with E-state index in [-0.39, 0.29) is 5.75 Å². The third-order valence-electron chi connectivity index (χ3n) is 2.28. The van der Waals surface area contributed by atoms with E-state index in [1.54, 1.807) is 18.2 Å². The molecule has 0 bridgehead atoms. The minimum atomic E-state index is -0.928. The van der Waals surface area contributed by atoms with Gasteiger partial charge < -0.3 is 10.2 Å². The number of rotatable bonds is 3. The van der Waals surface area contributed by atoms with Gasteiger partial charge in [0.1, 0.15) is 6.10 Å². The molecule has 2 N–H and O–H groups in total. The average Bonchev–Trinajstić information content (AvgIpc) is 2.65. The summed E-state index contributed by atoms with van der Waals surface area (Å²) in [6.45, 7) is 0. The number of hydrogen-bond acceptors (Lipinski definition) is 5. The minimum absolute atomic E-state index is 0.211. The van der Waals surface area contributed by atoms with Crippen LogP contribution in [0.2, 0.25) is 4.47 Å². The summed E-state index contributed by atoms with van der Waals surface area (Å²) >= 11 is 11.1. The Kier molecular flexibility index (Phi) is 3.71. The van der Waals surface area contributed by atoms with Gasteiger partial charge in [0.15, 0.2) is 4.47 Å². The normalized spacial score (nSPS) is 15.2. The lowest BCUT2D eigenvalue weighted by atomic mass is 10.1. The van der Waals surface area contributed by atoms with Crippen LogP contribution in [0, 0.1) is 0 Å². The molecule has 2 atom stereocenters. The quantitative estimate of drug-likeness (QED) is 0.754. The highest BCUT2D eigenvalue weighted by Gasteiger charge is 2.17. The fourth-order valence-corrected chi connectivity index (χ4v) is 2.70. The summed E-state index contributed by atoms with van der Waals surface area (Å²) in [5.41, 5.74) is 1.45. The molecule has 2 aromatic rings. The van der Waals surface area contributed by atoms with Gasteiger partial charge in [0.05, 0.1) is 16.3 Å². The SMILES string of the molecule is OC(CS)C(O)c1ccc2nc(Cl)sc2c1. The predicted molar refractivity (Wildman–Crippen MR) is 69.4 cm³/mol. The zero-order valence-electron chi connectivity index (χ0n) is 8.17. The molecule has 0 spiro atoms. The highest BCUT2D eigenvalue weighted by molar-refractivity contribution is 7.80. The van der Waals surface area contributed by atoms with E-state index in [0.29, 0.717) is 10.0 Å². The summed E-state index contributed by atoms with van der Waals surface area (Å²) in [7, 11) is 0. The lowest BCUT2D eigenvalue weighted by molar-refractivity contribution is 0.0338. The molecule has 0 saturated heterocycles. The van der Waals surface area contributed by atoms with Crippen LogP contribution < -0.4 is 0 Å². The van der Waals surface area contributed by atoms with Gasteiger partial charge in [-0.3, -0.25) is 0 Å². The summed E-state index contributed by atoms with van der Waals surface area (Å²) in [4.78, 5) is 4.10. The number of hydrogen-bond donors (Lipinski definition) is 3. The summed E-state index contributed by atoms with van der Waals surface area (Å²) < 4.78 is 1.37. The fraction of sp³-hybridized carbons (Fsp3) is 0.300. The third kappa shape index (κ3) is 2.33. The molecule has 0 amide bonds. The van der Waals surface area contributed by atoms with E-state index < -0.39 is 12.2 Å². The average molecular weight is 276 g/mol. The molecule has 0 saturated carbocycles. The molecule has 1 aromatic heterocycles. The number of aliphatic hydroxyl groups excluding tert-OH is 2. The molecule has 3 nitrogen and oxygen atoms in total. The van der Waals surface area contributed by atoms with E-state index in [0.717, 1.165) is 10.2 Å². The zero-order chi connectivity index (χ0) is 11.7. The van der Waals surface area contributed by atoms with Crippen molar-refractivity contribution < 1.29 is 10.2 Å². The predicted octanol–water partition coefficient (Wildman–Crippen LogP) is 2.27. The van der Waals surface area contributed by atoms with Crippen molar-refractivity contribution in [1.82, 2.24) is 4.98 Å². The second-order valence-electron chi connectivity index (χ2n) is 3.39. The number of thiol groups is 1. The summed E-state index contributed by atoms with van der Waals surface area (Å²) in [6, 6.07) is 5.30. The van der Waals surface area contributed by atoms with E-state index in [2.05, 4.69) is 17.6 Å². The van der Waals surface area contributed by atoms with Gasteiger partial charge in [-0.1, -0.05) is 17.7 Å². The number of halogens is 1. The first-order chi connectivity index (χ1) is 7.61. The van der Waals surface area contributed by atoms with Crippen LogP contribution in [0.15, 0.2) is 18.2 Å². The second-order valence-corrected chi connectivity index (χ2v) is 5.37. The van der Waals surface area contributed by atoms with Crippen LogP contribution in [0.3, 0.4) is 0 Å². The lowest BCUT2D eigenvalue weighted by Crippen LogP contribution is -2.19. The van der Waals surface area contributed by atoms with E-state index in [1.165, 1.54) is 11.3 Å². The van der Waals surface area contributed by atoms with Crippen molar-refractivity contribution in [2.75, 3.05) is 5.75 Å². The molecule has 2 rings (SSSR count). The van der Waals surface area contributed by atoms with E-state index in [1.807, 2.05) is 0 Å². The summed E-state index contributed by atoms with van der Waals surface area (Å²) in [6.07, 6.45) is -1.80. The molecule has 0 aliphatic heterocycles. The van der Waals surface area contributed by atoms with Crippen LogP contribution in [0.4, 0.5) is 0 Å². The van der Waals surface area contributed by atoms with Gasteiger partial charge in [0.2, 0.25) is 0 Å². The van der Waals surface area contributed by atoms with E-state index in [4.69, 9.17) is 11.6 Å². The molecular formula is C10H10ClNO2S2. The van der Waals surface area contributed by atoms with Gasteiger partial charge in [0, 0.05) is 5.75 Å². The number of benzene rings is 1. The monoisotopic (exact) mass is 275 g/mol. The Labute approximate surface area is 107 Å². The van der Waals surface area contributed by atoms with Crippen molar-refractivity contribution >= 4 is 45.8 Å². The van der Waals surface area contributed by atoms with Crippen molar-refractivity contribution in [3.05, 3.63) is 28.2 Å². The maximum Gasteiger partial charge on any atom is 0.184 e. The van der Waals surface area contributed by atoms with Crippen LogP contribution in [-0.4, -0.2) is 27.1 Å². The summed E-state index contributed by atoms with van der Waals surface area (Å²) in [5.74, 6) is 0.211. The Hall–Kier alpha value is -0.330. The van der Waals surface area contributed by atoms with Gasteiger partial charge in [-0.15, -0.1) is 11.3 Å². The highest BCUT2D eigenvalue weighted by Crippen LogP contribution is 2.29. The second kappa shape index (κ2) is 4.89. The first kappa shape index (κ1) is 12.1. The van der Waals surface area contributed by atoms with Gasteiger partial charge in [0.25, 0.3) is 0 Å². The maximum absolute atomic E-state index is 9.81. The Morgan fingerprint density at radius 1 is 1.44 bits per heavy atom. The molecule has 1 heterocycles. The molecule has 2 unspecified atom stereocenters. The van der Waals surface area contributed by atoms with Crippen LogP contribution in [0.5, 0.6) is 0 Å². The lowest BCUT2D eigenvalue weighted by Gasteiger charge is -2.15. The first-order valence-corrected chi connectivity index (χ1v) is 6.47. The Morgan fingerprint density at radius 3 is 2.88 bits per heavy atom. The van der Waals surface area contributed by atoms with Crippen LogP contribution >= 0.6 is 35.6 Å². The van der Waals surface area contributed by atoms with Crippen LogP contribution in [0.1, 0.15) is 11.7 Å². The number of aliphatic hydroxyl groups is 2. The molecule has 86 valence electrons. The number of aromatic nitrogens is 1. The topological polar surface area (TPSA) is 53.4 Å². The first-order valence-electron chi connectivity index (χ1n) is 4.65. The molecule has 0 aliphatic carbocycles. The van der Waals surface area contributed by atoms with Crippen LogP contribution in [-0.2, 0) is 0 Å². The van der Waals surface area contributed by atoms with Crippen molar-refractivity contribution in [2.24, 2.45) is 0 Å². The molecule has 0 aliphatic rings. The Bertz CT molecular complexity index is 503. The van der Waals surface area contributed by atoms with E-state index in [9.17, 15) is 10.2 Å². The highest BCUT2D eigenvalue weighted by atomic mass is 35.5.